The summed E-state index contributed by atoms with van der Waals surface area (Å²) in [7, 11) is 0. The SMILES string of the molecule is C1=CC=C(CCc2ccccc2)[N+]=C1.[Br-]. The van der Waals surface area contributed by atoms with Gasteiger partial charge in [0.25, 0.3) is 5.70 Å². The van der Waals surface area contributed by atoms with Gasteiger partial charge in [-0.2, -0.15) is 0 Å². The molecule has 0 saturated heterocycles. The van der Waals surface area contributed by atoms with Gasteiger partial charge in [-0.05, 0) is 18.1 Å². The highest BCUT2D eigenvalue weighted by Gasteiger charge is 2.07. The van der Waals surface area contributed by atoms with Crippen LogP contribution in [0.3, 0.4) is 0 Å². The Morgan fingerprint density at radius 2 is 1.73 bits per heavy atom. The van der Waals surface area contributed by atoms with Crippen LogP contribution in [0.5, 0.6) is 0 Å². The van der Waals surface area contributed by atoms with Crippen molar-refractivity contribution in [3.8, 4) is 0 Å². The molecule has 0 aromatic heterocycles. The second-order valence-electron chi connectivity index (χ2n) is 3.31. The second-order valence-corrected chi connectivity index (χ2v) is 3.31. The Morgan fingerprint density at radius 1 is 0.933 bits per heavy atom. The molecule has 77 valence electrons. The molecule has 0 N–H and O–H groups in total. The standard InChI is InChI=1S/C13H13N.BrH/c1-2-6-12(7-3-1)9-10-13-8-4-5-11-14-13;/h1-8,11H,9-10H2;1H/q+1;/p-1. The number of aryl methyl sites for hydroxylation is 1. The molecule has 15 heavy (non-hydrogen) atoms. The topological polar surface area (TPSA) is 14.1 Å². The molecule has 0 fully saturated rings. The van der Waals surface area contributed by atoms with Crippen LogP contribution < -0.4 is 22.0 Å². The highest BCUT2D eigenvalue weighted by atomic mass is 79.9. The van der Waals surface area contributed by atoms with Gasteiger partial charge >= 0.3 is 0 Å². The zero-order chi connectivity index (χ0) is 9.64. The van der Waals surface area contributed by atoms with Crippen molar-refractivity contribution in [1.82, 2.24) is 4.99 Å². The number of hydrogen-bond donors (Lipinski definition) is 0. The van der Waals surface area contributed by atoms with Crippen LogP contribution in [0, 0.1) is 0 Å². The van der Waals surface area contributed by atoms with Crippen LogP contribution in [0.4, 0.5) is 0 Å². The van der Waals surface area contributed by atoms with E-state index in [1.54, 1.807) is 0 Å². The van der Waals surface area contributed by atoms with E-state index in [0.717, 1.165) is 18.5 Å². The minimum Gasteiger partial charge on any atom is -1.00 e. The largest absolute Gasteiger partial charge is 1.00 e. The first-order valence-electron chi connectivity index (χ1n) is 4.89. The fourth-order valence-electron chi connectivity index (χ4n) is 1.46. The molecule has 1 aliphatic heterocycles. The molecule has 0 unspecified atom stereocenters. The van der Waals surface area contributed by atoms with E-state index in [1.807, 2.05) is 24.4 Å². The van der Waals surface area contributed by atoms with Gasteiger partial charge in [-0.3, -0.25) is 0 Å². The van der Waals surface area contributed by atoms with Crippen molar-refractivity contribution in [2.75, 3.05) is 0 Å². The van der Waals surface area contributed by atoms with Gasteiger partial charge in [-0.25, -0.2) is 0 Å². The van der Waals surface area contributed by atoms with Crippen molar-refractivity contribution in [2.24, 2.45) is 0 Å². The molecule has 0 amide bonds. The molecule has 0 aliphatic carbocycles. The highest BCUT2D eigenvalue weighted by Crippen LogP contribution is 2.07. The van der Waals surface area contributed by atoms with Crippen molar-refractivity contribution in [3.63, 3.8) is 0 Å². The number of nitrogens with zero attached hydrogens (tertiary/aromatic N) is 1. The summed E-state index contributed by atoms with van der Waals surface area (Å²) in [5.74, 6) is 0. The molecule has 1 aliphatic rings. The Hall–Kier alpha value is -1.15. The Bertz CT molecular complexity index is 377. The van der Waals surface area contributed by atoms with E-state index in [0.29, 0.717) is 0 Å². The first kappa shape index (κ1) is 11.9. The van der Waals surface area contributed by atoms with E-state index < -0.39 is 0 Å². The molecule has 0 saturated carbocycles. The quantitative estimate of drug-likeness (QED) is 0.697. The minimum atomic E-state index is 0. The third-order valence-corrected chi connectivity index (χ3v) is 2.24. The highest BCUT2D eigenvalue weighted by molar-refractivity contribution is 5.72. The lowest BCUT2D eigenvalue weighted by Crippen LogP contribution is -3.00. The molecule has 2 rings (SSSR count). The fourth-order valence-corrected chi connectivity index (χ4v) is 1.46. The molecule has 1 nitrogen and oxygen atoms in total. The Balaban J connectivity index is 0.00000112. The van der Waals surface area contributed by atoms with E-state index >= 15 is 0 Å². The van der Waals surface area contributed by atoms with Crippen LogP contribution >= 0.6 is 0 Å². The van der Waals surface area contributed by atoms with Gasteiger partial charge in [0.15, 0.2) is 0 Å². The molecule has 2 heteroatoms. The number of rotatable bonds is 3. The molecule has 1 aromatic carbocycles. The number of hydrogen-bond acceptors (Lipinski definition) is 1. The van der Waals surface area contributed by atoms with Gasteiger partial charge in [0.05, 0.1) is 4.99 Å². The summed E-state index contributed by atoms with van der Waals surface area (Å²) < 4.78 is 0. The van der Waals surface area contributed by atoms with Crippen LogP contribution in [0.1, 0.15) is 12.0 Å². The lowest BCUT2D eigenvalue weighted by Gasteiger charge is -1.96. The van der Waals surface area contributed by atoms with Crippen LogP contribution in [0.2, 0.25) is 0 Å². The summed E-state index contributed by atoms with van der Waals surface area (Å²) in [4.78, 5) is 4.29. The van der Waals surface area contributed by atoms with E-state index in [-0.39, 0.29) is 17.0 Å². The number of halogens is 1. The van der Waals surface area contributed by atoms with Gasteiger partial charge in [0.1, 0.15) is 0 Å². The van der Waals surface area contributed by atoms with Crippen molar-refractivity contribution >= 4 is 6.21 Å². The summed E-state index contributed by atoms with van der Waals surface area (Å²) in [5.41, 5.74) is 2.54. The van der Waals surface area contributed by atoms with Gasteiger partial charge in [-0.1, -0.05) is 30.3 Å². The fraction of sp³-hybridized carbons (Fsp3) is 0.154. The van der Waals surface area contributed by atoms with E-state index in [4.69, 9.17) is 0 Å². The Labute approximate surface area is 101 Å². The smallest absolute Gasteiger partial charge is 0.254 e. The number of allylic oxidation sites excluding steroid dienone is 4. The maximum absolute atomic E-state index is 4.29. The summed E-state index contributed by atoms with van der Waals surface area (Å²) in [6, 6.07) is 10.5. The maximum atomic E-state index is 4.29. The minimum absolute atomic E-state index is 0. The van der Waals surface area contributed by atoms with Gasteiger partial charge in [0, 0.05) is 18.6 Å². The summed E-state index contributed by atoms with van der Waals surface area (Å²) in [6.07, 6.45) is 9.99. The van der Waals surface area contributed by atoms with E-state index in [1.165, 1.54) is 5.56 Å². The van der Waals surface area contributed by atoms with Crippen LogP contribution in [-0.2, 0) is 6.42 Å². The molecular weight excluding hydrogens is 250 g/mol. The molecule has 1 heterocycles. The number of aliphatic imine (C=N–C) groups is 1. The molecule has 0 bridgehead atoms. The lowest BCUT2D eigenvalue weighted by atomic mass is 10.1. The van der Waals surface area contributed by atoms with Crippen molar-refractivity contribution in [2.45, 2.75) is 12.8 Å². The average molecular weight is 263 g/mol. The summed E-state index contributed by atoms with van der Waals surface area (Å²) in [5, 5.41) is 0. The van der Waals surface area contributed by atoms with Gasteiger partial charge < -0.3 is 17.0 Å². The normalized spacial score (nSPS) is 13.2. The van der Waals surface area contributed by atoms with Gasteiger partial charge in [0.2, 0.25) is 6.21 Å². The molecule has 0 spiro atoms. The Kier molecular flexibility index (Phi) is 5.05. The predicted octanol–water partition coefficient (Wildman–Crippen LogP) is -0.517. The Morgan fingerprint density at radius 3 is 2.40 bits per heavy atom. The zero-order valence-corrected chi connectivity index (χ0v) is 10.0. The summed E-state index contributed by atoms with van der Waals surface area (Å²) >= 11 is 0. The average Bonchev–Trinajstić information content (AvgIpc) is 2.29. The second kappa shape index (κ2) is 6.36. The van der Waals surface area contributed by atoms with E-state index in [2.05, 4.69) is 35.3 Å². The number of benzene rings is 1. The maximum Gasteiger partial charge on any atom is 0.254 e. The first-order chi connectivity index (χ1) is 6.95. The van der Waals surface area contributed by atoms with E-state index in [9.17, 15) is 0 Å². The lowest BCUT2D eigenvalue weighted by molar-refractivity contribution is -0.00000285. The van der Waals surface area contributed by atoms with Crippen LogP contribution in [-0.4, -0.2) is 6.21 Å². The predicted molar refractivity (Wildman–Crippen MR) is 60.2 cm³/mol. The van der Waals surface area contributed by atoms with Crippen molar-refractivity contribution < 1.29 is 17.0 Å². The molecular formula is C13H13BrN. The third-order valence-electron chi connectivity index (χ3n) is 2.24. The first-order valence-corrected chi connectivity index (χ1v) is 4.89. The van der Waals surface area contributed by atoms with Crippen LogP contribution in [0.15, 0.2) is 54.3 Å². The van der Waals surface area contributed by atoms with Crippen molar-refractivity contribution in [1.29, 1.82) is 0 Å². The molecule has 1 radical (unpaired) electrons. The molecule has 1 aromatic rings. The zero-order valence-electron chi connectivity index (χ0n) is 8.44. The summed E-state index contributed by atoms with van der Waals surface area (Å²) in [6.45, 7) is 0. The third kappa shape index (κ3) is 3.84. The monoisotopic (exact) mass is 262 g/mol. The molecule has 0 atom stereocenters. The van der Waals surface area contributed by atoms with Gasteiger partial charge in [-0.15, -0.1) is 0 Å². The van der Waals surface area contributed by atoms with Crippen LogP contribution in [0.25, 0.3) is 0 Å². The van der Waals surface area contributed by atoms with Crippen molar-refractivity contribution in [3.05, 3.63) is 59.8 Å².